The number of carbonyl (C=O) groups is 1. The molecular formula is C30H34N6O2. The first-order chi connectivity index (χ1) is 18.4. The van der Waals surface area contributed by atoms with Crippen LogP contribution >= 0.6 is 0 Å². The van der Waals surface area contributed by atoms with Crippen LogP contribution in [0.1, 0.15) is 43.3 Å². The third-order valence-electron chi connectivity index (χ3n) is 6.82. The molecule has 1 saturated heterocycles. The van der Waals surface area contributed by atoms with Crippen molar-refractivity contribution in [2.75, 3.05) is 26.2 Å². The van der Waals surface area contributed by atoms with Gasteiger partial charge in [-0.25, -0.2) is 9.48 Å². The third-order valence-corrected chi connectivity index (χ3v) is 6.82. The first-order valence-electron chi connectivity index (χ1n) is 13.0. The Kier molecular flexibility index (Phi) is 7.24. The number of piperazine rings is 1. The van der Waals surface area contributed by atoms with E-state index in [1.54, 1.807) is 4.90 Å². The maximum absolute atomic E-state index is 12.5. The second-order valence-corrected chi connectivity index (χ2v) is 10.6. The molecule has 0 aliphatic carbocycles. The summed E-state index contributed by atoms with van der Waals surface area (Å²) in [5.41, 5.74) is 1.94. The lowest BCUT2D eigenvalue weighted by Crippen LogP contribution is -2.50. The van der Waals surface area contributed by atoms with E-state index >= 15 is 0 Å². The Bertz CT molecular complexity index is 1230. The molecule has 196 valence electrons. The van der Waals surface area contributed by atoms with Crippen LogP contribution in [0.2, 0.25) is 0 Å². The van der Waals surface area contributed by atoms with E-state index < -0.39 is 11.1 Å². The van der Waals surface area contributed by atoms with Crippen LogP contribution in [0.5, 0.6) is 0 Å². The van der Waals surface area contributed by atoms with E-state index in [1.165, 1.54) is 0 Å². The maximum atomic E-state index is 12.5. The summed E-state index contributed by atoms with van der Waals surface area (Å²) in [6.45, 7) is 8.83. The lowest BCUT2D eigenvalue weighted by atomic mass is 9.77. The molecule has 0 N–H and O–H groups in total. The zero-order valence-electron chi connectivity index (χ0n) is 22.2. The summed E-state index contributed by atoms with van der Waals surface area (Å²) in [4.78, 5) is 16.6. The van der Waals surface area contributed by atoms with Crippen LogP contribution in [-0.2, 0) is 16.8 Å². The summed E-state index contributed by atoms with van der Waals surface area (Å²) in [5.74, 6) is 0.757. The third kappa shape index (κ3) is 5.17. The largest absolute Gasteiger partial charge is 0.444 e. The van der Waals surface area contributed by atoms with Gasteiger partial charge in [0.05, 0.1) is 6.54 Å². The topological polar surface area (TPSA) is 76.4 Å². The predicted molar refractivity (Wildman–Crippen MR) is 146 cm³/mol. The van der Waals surface area contributed by atoms with Gasteiger partial charge in [0.1, 0.15) is 11.1 Å². The zero-order valence-corrected chi connectivity index (χ0v) is 22.2. The Labute approximate surface area is 223 Å². The molecule has 8 nitrogen and oxygen atoms in total. The van der Waals surface area contributed by atoms with Crippen LogP contribution in [-0.4, -0.2) is 67.9 Å². The number of aromatic nitrogens is 4. The molecule has 1 aliphatic rings. The highest BCUT2D eigenvalue weighted by molar-refractivity contribution is 5.68. The molecule has 0 unspecified atom stereocenters. The Morgan fingerprint density at radius 1 is 0.763 bits per heavy atom. The van der Waals surface area contributed by atoms with Gasteiger partial charge in [0.25, 0.3) is 0 Å². The summed E-state index contributed by atoms with van der Waals surface area (Å²) >= 11 is 0. The number of hydrogen-bond donors (Lipinski definition) is 0. The fourth-order valence-electron chi connectivity index (χ4n) is 5.08. The van der Waals surface area contributed by atoms with Crippen molar-refractivity contribution in [3.63, 3.8) is 0 Å². The van der Waals surface area contributed by atoms with Gasteiger partial charge in [-0.2, -0.15) is 0 Å². The number of nitrogens with zero attached hydrogens (tertiary/aromatic N) is 6. The van der Waals surface area contributed by atoms with E-state index in [0.29, 0.717) is 32.7 Å². The lowest BCUT2D eigenvalue weighted by molar-refractivity contribution is 0.0135. The second-order valence-electron chi connectivity index (χ2n) is 10.6. The number of benzene rings is 3. The van der Waals surface area contributed by atoms with Crippen LogP contribution in [0.4, 0.5) is 4.79 Å². The number of amides is 1. The van der Waals surface area contributed by atoms with Gasteiger partial charge in [0.15, 0.2) is 5.82 Å². The molecule has 1 aromatic heterocycles. The van der Waals surface area contributed by atoms with E-state index in [0.717, 1.165) is 22.5 Å². The Hall–Kier alpha value is -4.04. The predicted octanol–water partition coefficient (Wildman–Crippen LogP) is 4.57. The Balaban J connectivity index is 1.50. The van der Waals surface area contributed by atoms with E-state index in [1.807, 2.05) is 43.7 Å². The Morgan fingerprint density at radius 2 is 1.24 bits per heavy atom. The quantitative estimate of drug-likeness (QED) is 0.354. The molecule has 1 amide bonds. The monoisotopic (exact) mass is 510 g/mol. The van der Waals surface area contributed by atoms with E-state index in [-0.39, 0.29) is 6.09 Å². The van der Waals surface area contributed by atoms with E-state index in [9.17, 15) is 4.79 Å². The smallest absolute Gasteiger partial charge is 0.410 e. The SMILES string of the molecule is CC(C)(C)OC(=O)N1CCN(Cc2nnnn2C(c2ccccc2)(c2ccccc2)c2ccccc2)CC1. The molecule has 0 radical (unpaired) electrons. The van der Waals surface area contributed by atoms with Crippen LogP contribution < -0.4 is 0 Å². The van der Waals surface area contributed by atoms with Crippen LogP contribution in [0.3, 0.4) is 0 Å². The summed E-state index contributed by atoms with van der Waals surface area (Å²) in [6.07, 6.45) is -0.266. The van der Waals surface area contributed by atoms with Gasteiger partial charge in [0, 0.05) is 26.2 Å². The maximum Gasteiger partial charge on any atom is 0.410 e. The van der Waals surface area contributed by atoms with Crippen molar-refractivity contribution in [1.29, 1.82) is 0 Å². The molecule has 1 aliphatic heterocycles. The minimum Gasteiger partial charge on any atom is -0.444 e. The van der Waals surface area contributed by atoms with Crippen molar-refractivity contribution in [1.82, 2.24) is 30.0 Å². The van der Waals surface area contributed by atoms with Gasteiger partial charge >= 0.3 is 6.09 Å². The van der Waals surface area contributed by atoms with Gasteiger partial charge in [-0.1, -0.05) is 91.0 Å². The fraction of sp³-hybridized carbons (Fsp3) is 0.333. The number of tetrazole rings is 1. The zero-order chi connectivity index (χ0) is 26.6. The molecule has 0 spiro atoms. The molecule has 38 heavy (non-hydrogen) atoms. The highest BCUT2D eigenvalue weighted by Gasteiger charge is 2.41. The number of carbonyl (C=O) groups excluding carboxylic acids is 1. The molecule has 8 heteroatoms. The minimum absolute atomic E-state index is 0.266. The van der Waals surface area contributed by atoms with Crippen molar-refractivity contribution in [2.24, 2.45) is 0 Å². The molecule has 5 rings (SSSR count). The normalized spacial score (nSPS) is 14.9. The first kappa shape index (κ1) is 25.6. The molecular weight excluding hydrogens is 476 g/mol. The van der Waals surface area contributed by atoms with Crippen LogP contribution in [0.15, 0.2) is 91.0 Å². The van der Waals surface area contributed by atoms with Gasteiger partial charge in [-0.3, -0.25) is 4.90 Å². The van der Waals surface area contributed by atoms with Gasteiger partial charge in [-0.05, 0) is 47.9 Å². The summed E-state index contributed by atoms with van der Waals surface area (Å²) in [6, 6.07) is 31.2. The standard InChI is InChI=1S/C30H34N6O2/c1-29(2,3)38-28(37)35-21-19-34(20-22-35)23-27-31-32-33-36(27)30(24-13-7-4-8-14-24,25-15-9-5-10-16-25)26-17-11-6-12-18-26/h4-18H,19-23H2,1-3H3. The first-order valence-corrected chi connectivity index (χ1v) is 13.0. The highest BCUT2D eigenvalue weighted by Crippen LogP contribution is 2.40. The molecule has 4 aromatic rings. The molecule has 1 fully saturated rings. The highest BCUT2D eigenvalue weighted by atomic mass is 16.6. The number of rotatable bonds is 6. The molecule has 2 heterocycles. The number of hydrogen-bond acceptors (Lipinski definition) is 6. The molecule has 3 aromatic carbocycles. The van der Waals surface area contributed by atoms with Crippen molar-refractivity contribution < 1.29 is 9.53 Å². The van der Waals surface area contributed by atoms with Crippen molar-refractivity contribution in [3.8, 4) is 0 Å². The van der Waals surface area contributed by atoms with Crippen LogP contribution in [0, 0.1) is 0 Å². The van der Waals surface area contributed by atoms with Crippen molar-refractivity contribution in [3.05, 3.63) is 114 Å². The van der Waals surface area contributed by atoms with Crippen molar-refractivity contribution in [2.45, 2.75) is 38.5 Å². The molecule has 0 atom stereocenters. The van der Waals surface area contributed by atoms with Crippen molar-refractivity contribution >= 4 is 6.09 Å². The van der Waals surface area contributed by atoms with Gasteiger partial charge in [0.2, 0.25) is 0 Å². The van der Waals surface area contributed by atoms with E-state index in [4.69, 9.17) is 4.74 Å². The second kappa shape index (κ2) is 10.8. The fourth-order valence-corrected chi connectivity index (χ4v) is 5.08. The van der Waals surface area contributed by atoms with Gasteiger partial charge < -0.3 is 9.64 Å². The molecule has 0 saturated carbocycles. The summed E-state index contributed by atoms with van der Waals surface area (Å²) in [7, 11) is 0. The summed E-state index contributed by atoms with van der Waals surface area (Å²) in [5, 5.41) is 13.3. The summed E-state index contributed by atoms with van der Waals surface area (Å²) < 4.78 is 7.53. The minimum atomic E-state index is -0.763. The van der Waals surface area contributed by atoms with Crippen LogP contribution in [0.25, 0.3) is 0 Å². The van der Waals surface area contributed by atoms with E-state index in [2.05, 4.69) is 93.2 Å². The average Bonchev–Trinajstić information content (AvgIpc) is 3.39. The average molecular weight is 511 g/mol. The molecule has 0 bridgehead atoms. The Morgan fingerprint density at radius 3 is 1.68 bits per heavy atom. The lowest BCUT2D eigenvalue weighted by Gasteiger charge is -2.38. The van der Waals surface area contributed by atoms with Gasteiger partial charge in [-0.15, -0.1) is 5.10 Å². The number of ether oxygens (including phenoxy) is 1.